The van der Waals surface area contributed by atoms with E-state index in [1.807, 2.05) is 4.90 Å². The summed E-state index contributed by atoms with van der Waals surface area (Å²) in [5.41, 5.74) is 0. The summed E-state index contributed by atoms with van der Waals surface area (Å²) in [6.45, 7) is 4.90. The minimum Gasteiger partial charge on any atom is -0.379 e. The molecule has 1 aromatic rings. The first-order valence-electron chi connectivity index (χ1n) is 7.32. The Hall–Kier alpha value is -1.08. The minimum atomic E-state index is -0.151. The van der Waals surface area contributed by atoms with Crippen LogP contribution in [0.1, 0.15) is 6.42 Å². The molecule has 6 nitrogen and oxygen atoms in total. The van der Waals surface area contributed by atoms with Crippen LogP contribution in [0, 0.1) is 0 Å². The third kappa shape index (κ3) is 3.63. The zero-order chi connectivity index (χ0) is 15.5. The number of carbonyl (C=O) groups is 1. The maximum absolute atomic E-state index is 12.3. The van der Waals surface area contributed by atoms with Crippen LogP contribution in [0.3, 0.4) is 0 Å². The average Bonchev–Trinajstić information content (AvgIpc) is 3.02. The molecule has 1 N–H and O–H groups in total. The topological polar surface area (TPSA) is 57.7 Å². The van der Waals surface area contributed by atoms with Crippen molar-refractivity contribution < 1.29 is 9.53 Å². The molecule has 0 unspecified atom stereocenters. The van der Waals surface area contributed by atoms with E-state index in [4.69, 9.17) is 27.9 Å². The lowest BCUT2D eigenvalue weighted by atomic mass is 10.2. The second-order valence-electron chi connectivity index (χ2n) is 5.45. The minimum absolute atomic E-state index is 0.151. The molecular formula is C14H18Cl2N4O2. The van der Waals surface area contributed by atoms with Crippen molar-refractivity contribution in [1.29, 1.82) is 0 Å². The number of hydrogen-bond acceptors (Lipinski definition) is 4. The Bertz CT molecular complexity index is 552. The third-order valence-corrected chi connectivity index (χ3v) is 4.77. The summed E-state index contributed by atoms with van der Waals surface area (Å²) in [5.74, 6) is 0.411. The van der Waals surface area contributed by atoms with E-state index in [0.717, 1.165) is 45.8 Å². The van der Waals surface area contributed by atoms with Crippen LogP contribution in [0.5, 0.6) is 0 Å². The maximum Gasteiger partial charge on any atom is 0.323 e. The second-order valence-corrected chi connectivity index (χ2v) is 6.27. The standard InChI is InChI=1S/C14H18Cl2N4O2/c15-11-7-13(17-8-12(11)16)18-14(21)20-2-1-10(9-20)19-3-5-22-6-4-19/h7-8,10H,1-6,9H2,(H,17,18,21)/t10-/m1/s1. The Morgan fingerprint density at radius 2 is 2.05 bits per heavy atom. The fraction of sp³-hybridized carbons (Fsp3) is 0.571. The molecule has 0 aliphatic carbocycles. The smallest absolute Gasteiger partial charge is 0.323 e. The molecule has 2 saturated heterocycles. The Kier molecular flexibility index (Phi) is 5.03. The van der Waals surface area contributed by atoms with Crippen molar-refractivity contribution in [3.05, 3.63) is 22.3 Å². The van der Waals surface area contributed by atoms with Gasteiger partial charge in [-0.1, -0.05) is 23.2 Å². The molecule has 0 bridgehead atoms. The van der Waals surface area contributed by atoms with Gasteiger partial charge in [-0.3, -0.25) is 10.2 Å². The molecule has 0 saturated carbocycles. The molecule has 2 aliphatic rings. The van der Waals surface area contributed by atoms with E-state index in [9.17, 15) is 4.79 Å². The van der Waals surface area contributed by atoms with Gasteiger partial charge < -0.3 is 9.64 Å². The summed E-state index contributed by atoms with van der Waals surface area (Å²) in [7, 11) is 0. The number of likely N-dealkylation sites (tertiary alicyclic amines) is 1. The predicted octanol–water partition coefficient (Wildman–Crippen LogP) is 2.33. The van der Waals surface area contributed by atoms with Gasteiger partial charge in [0.15, 0.2) is 0 Å². The van der Waals surface area contributed by atoms with E-state index in [0.29, 0.717) is 21.9 Å². The lowest BCUT2D eigenvalue weighted by Gasteiger charge is -2.32. The first-order chi connectivity index (χ1) is 10.6. The van der Waals surface area contributed by atoms with Crippen LogP contribution in [0.15, 0.2) is 12.3 Å². The number of nitrogens with zero attached hydrogens (tertiary/aromatic N) is 3. The van der Waals surface area contributed by atoms with Gasteiger partial charge in [-0.05, 0) is 6.42 Å². The van der Waals surface area contributed by atoms with E-state index in [-0.39, 0.29) is 6.03 Å². The Balaban J connectivity index is 1.55. The molecule has 120 valence electrons. The second kappa shape index (κ2) is 7.00. The number of nitrogens with one attached hydrogen (secondary N) is 1. The van der Waals surface area contributed by atoms with Crippen molar-refractivity contribution in [1.82, 2.24) is 14.8 Å². The van der Waals surface area contributed by atoms with Gasteiger partial charge in [0, 0.05) is 44.5 Å². The molecule has 2 amide bonds. The maximum atomic E-state index is 12.3. The van der Waals surface area contributed by atoms with Crippen molar-refractivity contribution >= 4 is 35.1 Å². The van der Waals surface area contributed by atoms with Crippen molar-refractivity contribution in [2.45, 2.75) is 12.5 Å². The molecule has 2 fully saturated rings. The summed E-state index contributed by atoms with van der Waals surface area (Å²) in [4.78, 5) is 20.6. The number of ether oxygens (including phenoxy) is 1. The number of halogens is 2. The number of aromatic nitrogens is 1. The van der Waals surface area contributed by atoms with Gasteiger partial charge in [-0.25, -0.2) is 9.78 Å². The number of rotatable bonds is 2. The highest BCUT2D eigenvalue weighted by molar-refractivity contribution is 6.42. The Morgan fingerprint density at radius 3 is 2.77 bits per heavy atom. The number of carbonyl (C=O) groups excluding carboxylic acids is 1. The quantitative estimate of drug-likeness (QED) is 0.894. The lowest BCUT2D eigenvalue weighted by molar-refractivity contribution is 0.0192. The summed E-state index contributed by atoms with van der Waals surface area (Å²) in [6, 6.07) is 1.81. The fourth-order valence-electron chi connectivity index (χ4n) is 2.84. The van der Waals surface area contributed by atoms with E-state index in [1.165, 1.54) is 6.20 Å². The molecular weight excluding hydrogens is 327 g/mol. The summed E-state index contributed by atoms with van der Waals surface area (Å²) < 4.78 is 5.37. The molecule has 22 heavy (non-hydrogen) atoms. The van der Waals surface area contributed by atoms with Gasteiger partial charge >= 0.3 is 6.03 Å². The van der Waals surface area contributed by atoms with Gasteiger partial charge in [0.1, 0.15) is 5.82 Å². The van der Waals surface area contributed by atoms with E-state index in [2.05, 4.69) is 15.2 Å². The highest BCUT2D eigenvalue weighted by Crippen LogP contribution is 2.23. The molecule has 2 aliphatic heterocycles. The first kappa shape index (κ1) is 15.8. The van der Waals surface area contributed by atoms with Crippen LogP contribution >= 0.6 is 23.2 Å². The normalized spacial score (nSPS) is 22.8. The number of amides is 2. The van der Waals surface area contributed by atoms with E-state index in [1.54, 1.807) is 6.07 Å². The van der Waals surface area contributed by atoms with Crippen LogP contribution in [0.25, 0.3) is 0 Å². The highest BCUT2D eigenvalue weighted by atomic mass is 35.5. The highest BCUT2D eigenvalue weighted by Gasteiger charge is 2.31. The van der Waals surface area contributed by atoms with Crippen molar-refractivity contribution in [3.8, 4) is 0 Å². The summed E-state index contributed by atoms with van der Waals surface area (Å²) in [6.07, 6.45) is 2.42. The van der Waals surface area contributed by atoms with Crippen LogP contribution < -0.4 is 5.32 Å². The van der Waals surface area contributed by atoms with Crippen LogP contribution in [0.2, 0.25) is 10.0 Å². The Labute approximate surface area is 139 Å². The van der Waals surface area contributed by atoms with Crippen LogP contribution in [-0.2, 0) is 4.74 Å². The number of morpholine rings is 1. The number of urea groups is 1. The predicted molar refractivity (Wildman–Crippen MR) is 85.6 cm³/mol. The monoisotopic (exact) mass is 344 g/mol. The molecule has 1 aromatic heterocycles. The zero-order valence-corrected chi connectivity index (χ0v) is 13.6. The van der Waals surface area contributed by atoms with Gasteiger partial charge in [-0.15, -0.1) is 0 Å². The van der Waals surface area contributed by atoms with Crippen molar-refractivity contribution in [3.63, 3.8) is 0 Å². The van der Waals surface area contributed by atoms with Gasteiger partial charge in [0.2, 0.25) is 0 Å². The first-order valence-corrected chi connectivity index (χ1v) is 8.08. The van der Waals surface area contributed by atoms with Crippen molar-refractivity contribution in [2.75, 3.05) is 44.7 Å². The lowest BCUT2D eigenvalue weighted by Crippen LogP contribution is -2.45. The zero-order valence-electron chi connectivity index (χ0n) is 12.1. The average molecular weight is 345 g/mol. The number of pyridine rings is 1. The molecule has 0 radical (unpaired) electrons. The van der Waals surface area contributed by atoms with Gasteiger partial charge in [0.25, 0.3) is 0 Å². The van der Waals surface area contributed by atoms with E-state index < -0.39 is 0 Å². The molecule has 8 heteroatoms. The largest absolute Gasteiger partial charge is 0.379 e. The molecule has 3 heterocycles. The summed E-state index contributed by atoms with van der Waals surface area (Å²) >= 11 is 11.7. The Morgan fingerprint density at radius 1 is 1.27 bits per heavy atom. The summed E-state index contributed by atoms with van der Waals surface area (Å²) in [5, 5.41) is 3.51. The number of hydrogen-bond donors (Lipinski definition) is 1. The SMILES string of the molecule is O=C(Nc1cc(Cl)c(Cl)cn1)N1CC[C@@H](N2CCOCC2)C1. The molecule has 1 atom stereocenters. The molecule has 0 spiro atoms. The third-order valence-electron chi connectivity index (χ3n) is 4.06. The van der Waals surface area contributed by atoms with Crippen LogP contribution in [-0.4, -0.2) is 66.2 Å². The van der Waals surface area contributed by atoms with Gasteiger partial charge in [-0.2, -0.15) is 0 Å². The number of anilines is 1. The fourth-order valence-corrected chi connectivity index (χ4v) is 3.09. The van der Waals surface area contributed by atoms with Gasteiger partial charge in [0.05, 0.1) is 23.3 Å². The van der Waals surface area contributed by atoms with Crippen LogP contribution in [0.4, 0.5) is 10.6 Å². The molecule has 3 rings (SSSR count). The molecule has 0 aromatic carbocycles. The van der Waals surface area contributed by atoms with Crippen molar-refractivity contribution in [2.24, 2.45) is 0 Å². The van der Waals surface area contributed by atoms with E-state index >= 15 is 0 Å².